The number of carboxylic acids is 1. The highest BCUT2D eigenvalue weighted by Crippen LogP contribution is 2.03. The van der Waals surface area contributed by atoms with Crippen LogP contribution < -0.4 is 10.9 Å². The van der Waals surface area contributed by atoms with Crippen molar-refractivity contribution in [2.75, 3.05) is 13.7 Å². The molecule has 0 fully saturated rings. The Bertz CT molecular complexity index is 569. The Morgan fingerprint density at radius 3 is 2.67 bits per heavy atom. The summed E-state index contributed by atoms with van der Waals surface area (Å²) in [7, 11) is 1.50. The summed E-state index contributed by atoms with van der Waals surface area (Å²) in [5.74, 6) is -2.25. The van der Waals surface area contributed by atoms with Crippen molar-refractivity contribution in [2.24, 2.45) is 5.92 Å². The fourth-order valence-electron chi connectivity index (χ4n) is 1.53. The third-order valence-corrected chi connectivity index (χ3v) is 3.10. The fraction of sp³-hybridized carbons (Fsp3) is 0.538. The maximum absolute atomic E-state index is 12.0. The van der Waals surface area contributed by atoms with E-state index in [2.05, 4.69) is 10.4 Å². The molecule has 0 bridgehead atoms. The summed E-state index contributed by atoms with van der Waals surface area (Å²) in [4.78, 5) is 34.4. The molecule has 1 heterocycles. The quantitative estimate of drug-likeness (QED) is 0.716. The summed E-state index contributed by atoms with van der Waals surface area (Å²) in [5.41, 5.74) is -0.286. The molecule has 0 aliphatic rings. The van der Waals surface area contributed by atoms with Gasteiger partial charge in [0.15, 0.2) is 0 Å². The van der Waals surface area contributed by atoms with Gasteiger partial charge in [-0.2, -0.15) is 5.10 Å². The molecule has 8 nitrogen and oxygen atoms in total. The number of carbonyl (C=O) groups excluding carboxylic acids is 1. The van der Waals surface area contributed by atoms with Crippen molar-refractivity contribution < 1.29 is 19.4 Å². The van der Waals surface area contributed by atoms with Crippen molar-refractivity contribution >= 4 is 11.9 Å². The van der Waals surface area contributed by atoms with Gasteiger partial charge in [-0.15, -0.1) is 0 Å². The molecular formula is C13H19N3O5. The molecule has 2 atom stereocenters. The van der Waals surface area contributed by atoms with E-state index in [1.165, 1.54) is 26.2 Å². The number of aliphatic carboxylic acids is 1. The lowest BCUT2D eigenvalue weighted by molar-refractivity contribution is -0.141. The molecule has 0 aliphatic carbocycles. The molecule has 1 aromatic heterocycles. The first-order chi connectivity index (χ1) is 9.86. The first-order valence-electron chi connectivity index (χ1n) is 6.47. The van der Waals surface area contributed by atoms with E-state index in [1.54, 1.807) is 6.92 Å². The Labute approximate surface area is 121 Å². The maximum Gasteiger partial charge on any atom is 0.308 e. The van der Waals surface area contributed by atoms with Crippen LogP contribution in [0.15, 0.2) is 16.9 Å². The molecule has 1 rings (SSSR count). The van der Waals surface area contributed by atoms with E-state index in [1.807, 2.05) is 0 Å². The Hall–Kier alpha value is -2.22. The van der Waals surface area contributed by atoms with Crippen LogP contribution in [0.1, 0.15) is 24.3 Å². The number of amides is 1. The molecule has 21 heavy (non-hydrogen) atoms. The van der Waals surface area contributed by atoms with E-state index in [-0.39, 0.29) is 17.8 Å². The maximum atomic E-state index is 12.0. The minimum absolute atomic E-state index is 0.0511. The van der Waals surface area contributed by atoms with Crippen LogP contribution in [0.2, 0.25) is 0 Å². The van der Waals surface area contributed by atoms with Gasteiger partial charge >= 0.3 is 5.97 Å². The van der Waals surface area contributed by atoms with Gasteiger partial charge < -0.3 is 15.2 Å². The number of hydrogen-bond donors (Lipinski definition) is 2. The molecule has 0 aliphatic heterocycles. The Morgan fingerprint density at radius 1 is 1.43 bits per heavy atom. The number of methoxy groups -OCH3 is 1. The van der Waals surface area contributed by atoms with E-state index in [0.29, 0.717) is 6.61 Å². The molecule has 0 saturated carbocycles. The zero-order valence-corrected chi connectivity index (χ0v) is 12.2. The number of carbonyl (C=O) groups is 2. The predicted molar refractivity (Wildman–Crippen MR) is 74.1 cm³/mol. The third-order valence-electron chi connectivity index (χ3n) is 3.10. The van der Waals surface area contributed by atoms with Crippen LogP contribution in [0.4, 0.5) is 0 Å². The Morgan fingerprint density at radius 2 is 2.10 bits per heavy atom. The summed E-state index contributed by atoms with van der Waals surface area (Å²) in [5, 5.41) is 15.4. The van der Waals surface area contributed by atoms with Crippen LogP contribution >= 0.6 is 0 Å². The van der Waals surface area contributed by atoms with Gasteiger partial charge in [0.25, 0.3) is 11.5 Å². The summed E-state index contributed by atoms with van der Waals surface area (Å²) >= 11 is 0. The van der Waals surface area contributed by atoms with E-state index in [0.717, 1.165) is 4.68 Å². The Kier molecular flexibility index (Phi) is 6.04. The minimum Gasteiger partial charge on any atom is -0.481 e. The van der Waals surface area contributed by atoms with Crippen LogP contribution in [0.5, 0.6) is 0 Å². The van der Waals surface area contributed by atoms with Gasteiger partial charge in [0.2, 0.25) is 0 Å². The third kappa shape index (κ3) is 4.67. The smallest absolute Gasteiger partial charge is 0.308 e. The summed E-state index contributed by atoms with van der Waals surface area (Å²) in [6, 6.07) is 1.98. The molecule has 0 saturated heterocycles. The van der Waals surface area contributed by atoms with Crippen molar-refractivity contribution in [1.29, 1.82) is 0 Å². The number of nitrogens with one attached hydrogen (secondary N) is 1. The number of hydrogen-bond acceptors (Lipinski definition) is 5. The largest absolute Gasteiger partial charge is 0.481 e. The molecule has 8 heteroatoms. The SMILES string of the molecule is COCCn1nc(C(=O)NC(C)C(C)C(=O)O)ccc1=O. The second kappa shape index (κ2) is 7.53. The highest BCUT2D eigenvalue weighted by atomic mass is 16.5. The number of rotatable bonds is 7. The second-order valence-corrected chi connectivity index (χ2v) is 4.66. The van der Waals surface area contributed by atoms with Crippen LogP contribution in [-0.4, -0.2) is 46.5 Å². The monoisotopic (exact) mass is 297 g/mol. The lowest BCUT2D eigenvalue weighted by Gasteiger charge is -2.17. The standard InChI is InChI=1S/C13H19N3O5/c1-8(13(19)20)9(2)14-12(18)10-4-5-11(17)16(15-10)6-7-21-3/h4-5,8-9H,6-7H2,1-3H3,(H,14,18)(H,19,20). The molecular weight excluding hydrogens is 278 g/mol. The Balaban J connectivity index is 2.83. The summed E-state index contributed by atoms with van der Waals surface area (Å²) in [6.45, 7) is 3.62. The highest BCUT2D eigenvalue weighted by molar-refractivity contribution is 5.92. The topological polar surface area (TPSA) is 111 Å². The van der Waals surface area contributed by atoms with E-state index < -0.39 is 23.8 Å². The molecule has 2 N–H and O–H groups in total. The lowest BCUT2D eigenvalue weighted by atomic mass is 10.0. The van der Waals surface area contributed by atoms with Gasteiger partial charge in [0.1, 0.15) is 5.69 Å². The number of aromatic nitrogens is 2. The van der Waals surface area contributed by atoms with Crippen molar-refractivity contribution in [2.45, 2.75) is 26.4 Å². The van der Waals surface area contributed by atoms with Crippen molar-refractivity contribution in [3.63, 3.8) is 0 Å². The molecule has 1 aromatic rings. The van der Waals surface area contributed by atoms with Gasteiger partial charge in [-0.3, -0.25) is 14.4 Å². The predicted octanol–water partition coefficient (Wildman–Crippen LogP) is -0.271. The van der Waals surface area contributed by atoms with Crippen LogP contribution in [0, 0.1) is 5.92 Å². The zero-order chi connectivity index (χ0) is 16.0. The lowest BCUT2D eigenvalue weighted by Crippen LogP contribution is -2.41. The van der Waals surface area contributed by atoms with Crippen LogP contribution in [0.25, 0.3) is 0 Å². The van der Waals surface area contributed by atoms with Gasteiger partial charge in [0, 0.05) is 19.2 Å². The van der Waals surface area contributed by atoms with E-state index in [4.69, 9.17) is 9.84 Å². The normalized spacial score (nSPS) is 13.5. The average Bonchev–Trinajstić information content (AvgIpc) is 2.45. The van der Waals surface area contributed by atoms with Gasteiger partial charge in [-0.05, 0) is 19.9 Å². The molecule has 116 valence electrons. The number of carboxylic acid groups (broad SMARTS) is 1. The molecule has 1 amide bonds. The van der Waals surface area contributed by atoms with Crippen molar-refractivity contribution in [3.05, 3.63) is 28.2 Å². The van der Waals surface area contributed by atoms with Crippen LogP contribution in [-0.2, 0) is 16.1 Å². The van der Waals surface area contributed by atoms with E-state index in [9.17, 15) is 14.4 Å². The van der Waals surface area contributed by atoms with Crippen molar-refractivity contribution in [3.8, 4) is 0 Å². The van der Waals surface area contributed by atoms with E-state index >= 15 is 0 Å². The zero-order valence-electron chi connectivity index (χ0n) is 12.2. The fourth-order valence-corrected chi connectivity index (χ4v) is 1.53. The van der Waals surface area contributed by atoms with Crippen molar-refractivity contribution in [1.82, 2.24) is 15.1 Å². The first-order valence-corrected chi connectivity index (χ1v) is 6.47. The molecule has 2 unspecified atom stereocenters. The van der Waals surface area contributed by atoms with Crippen LogP contribution in [0.3, 0.4) is 0 Å². The second-order valence-electron chi connectivity index (χ2n) is 4.66. The first kappa shape index (κ1) is 16.8. The molecule has 0 aromatic carbocycles. The summed E-state index contributed by atoms with van der Waals surface area (Å²) < 4.78 is 5.99. The van der Waals surface area contributed by atoms with Gasteiger partial charge in [-0.25, -0.2) is 4.68 Å². The molecule has 0 spiro atoms. The van der Waals surface area contributed by atoms with Gasteiger partial charge in [-0.1, -0.05) is 0 Å². The minimum atomic E-state index is -0.999. The number of ether oxygens (including phenoxy) is 1. The van der Waals surface area contributed by atoms with Gasteiger partial charge in [0.05, 0.1) is 19.1 Å². The number of nitrogens with zero attached hydrogens (tertiary/aromatic N) is 2. The highest BCUT2D eigenvalue weighted by Gasteiger charge is 2.22. The average molecular weight is 297 g/mol. The molecule has 0 radical (unpaired) electrons. The summed E-state index contributed by atoms with van der Waals surface area (Å²) in [6.07, 6.45) is 0.